The Labute approximate surface area is 332 Å². The van der Waals surface area contributed by atoms with E-state index in [2.05, 4.69) is 24.3 Å². The quantitative estimate of drug-likeness (QED) is 0.133. The molecule has 3 aliphatic carbocycles. The molecule has 3 N–H and O–H groups in total. The molecule has 9 nitrogen and oxygen atoms in total. The van der Waals surface area contributed by atoms with Gasteiger partial charge in [0.2, 0.25) is 0 Å². The van der Waals surface area contributed by atoms with Crippen molar-refractivity contribution < 1.29 is 43.9 Å². The van der Waals surface area contributed by atoms with Crippen LogP contribution in [0.5, 0.6) is 28.7 Å². The molecule has 0 radical (unpaired) electrons. The maximum atomic E-state index is 13.9. The second-order valence-corrected chi connectivity index (χ2v) is 15.9. The zero-order valence-electron chi connectivity index (χ0n) is 32.4. The number of rotatable bonds is 8. The largest absolute Gasteiger partial charge is 0.508 e. The van der Waals surface area contributed by atoms with E-state index in [4.69, 9.17) is 18.9 Å². The molecule has 6 atom stereocenters. The highest BCUT2D eigenvalue weighted by Gasteiger charge is 2.56. The summed E-state index contributed by atoms with van der Waals surface area (Å²) in [6.07, 6.45) is 6.62. The molecule has 3 aliphatic rings. The number of fused-ring (bicyclic) bond motifs is 7. The van der Waals surface area contributed by atoms with Crippen molar-refractivity contribution in [2.75, 3.05) is 14.2 Å². The summed E-state index contributed by atoms with van der Waals surface area (Å²) >= 11 is 0. The molecule has 1 fully saturated rings. The highest BCUT2D eigenvalue weighted by Crippen LogP contribution is 2.60. The summed E-state index contributed by atoms with van der Waals surface area (Å²) in [5.41, 5.74) is 5.33. The zero-order chi connectivity index (χ0) is 39.8. The topological polar surface area (TPSA) is 132 Å². The van der Waals surface area contributed by atoms with Crippen LogP contribution in [-0.2, 0) is 44.7 Å². The number of hydrogen-bond donors (Lipinski definition) is 3. The maximum absolute atomic E-state index is 13.9. The number of phenols is 3. The second-order valence-electron chi connectivity index (χ2n) is 15.9. The van der Waals surface area contributed by atoms with E-state index in [1.165, 1.54) is 14.0 Å². The third-order valence-corrected chi connectivity index (χ3v) is 12.6. The Morgan fingerprint density at radius 3 is 2.25 bits per heavy atom. The lowest BCUT2D eigenvalue weighted by atomic mass is 9.49. The van der Waals surface area contributed by atoms with Gasteiger partial charge in [-0.15, -0.1) is 0 Å². The predicted molar refractivity (Wildman–Crippen MR) is 217 cm³/mol. The summed E-state index contributed by atoms with van der Waals surface area (Å²) < 4.78 is 24.0. The first-order chi connectivity index (χ1) is 27.5. The van der Waals surface area contributed by atoms with Crippen molar-refractivity contribution in [1.82, 2.24) is 0 Å². The molecule has 0 heterocycles. The molecule has 5 aromatic carbocycles. The van der Waals surface area contributed by atoms with E-state index >= 15 is 0 Å². The van der Waals surface area contributed by atoms with Gasteiger partial charge < -0.3 is 34.3 Å². The van der Waals surface area contributed by atoms with E-state index in [9.17, 15) is 24.9 Å². The summed E-state index contributed by atoms with van der Waals surface area (Å²) in [4.78, 5) is 27.0. The van der Waals surface area contributed by atoms with Gasteiger partial charge in [0.15, 0.2) is 23.0 Å². The van der Waals surface area contributed by atoms with Gasteiger partial charge in [-0.1, -0.05) is 66.7 Å². The number of phenolic OH excluding ortho intramolecular Hbond substituents is 3. The lowest BCUT2D eigenvalue weighted by Crippen LogP contribution is -2.54. The molecule has 294 valence electrons. The molecule has 1 saturated carbocycles. The molecule has 5 aromatic rings. The van der Waals surface area contributed by atoms with Gasteiger partial charge in [0.25, 0.3) is 0 Å². The number of hydrogen-bond acceptors (Lipinski definition) is 9. The van der Waals surface area contributed by atoms with Gasteiger partial charge in [-0.3, -0.25) is 9.59 Å². The Hall–Kier alpha value is -5.96. The Balaban J connectivity index is 1.25. The van der Waals surface area contributed by atoms with Crippen LogP contribution in [0.15, 0.2) is 97.1 Å². The van der Waals surface area contributed by atoms with Crippen molar-refractivity contribution in [3.8, 4) is 28.7 Å². The maximum Gasteiger partial charge on any atom is 0.310 e. The van der Waals surface area contributed by atoms with Gasteiger partial charge in [0.1, 0.15) is 18.0 Å². The molecule has 9 heteroatoms. The van der Waals surface area contributed by atoms with E-state index in [1.54, 1.807) is 25.3 Å². The molecule has 0 aromatic heterocycles. The lowest BCUT2D eigenvalue weighted by Gasteiger charge is -2.56. The van der Waals surface area contributed by atoms with Crippen LogP contribution in [0.1, 0.15) is 65.5 Å². The SMILES string of the molecule is COc1cc2c(cc1O)C[C@@]1(/C=C/c3ccccc3)[C@H](C2)[C@H](OC(C)=O)C[C@@H](OC(=O)Cc2ccc3cc(O)ccc3c2)C[C@H]2c3cc(OC)c(O)cc3CC[C@@H]21. The van der Waals surface area contributed by atoms with E-state index < -0.39 is 23.6 Å². The highest BCUT2D eigenvalue weighted by molar-refractivity contribution is 5.85. The highest BCUT2D eigenvalue weighted by atomic mass is 16.6. The molecule has 8 rings (SSSR count). The van der Waals surface area contributed by atoms with Gasteiger partial charge in [-0.05, 0) is 124 Å². The minimum atomic E-state index is -0.612. The fraction of sp³-hybridized carbons (Fsp3) is 0.333. The molecule has 0 aliphatic heterocycles. The van der Waals surface area contributed by atoms with E-state index in [1.807, 2.05) is 60.7 Å². The molecular weight excluding hydrogens is 721 g/mol. The number of aryl methyl sites for hydroxylation is 1. The van der Waals surface area contributed by atoms with Gasteiger partial charge in [0, 0.05) is 24.7 Å². The number of methoxy groups -OCH3 is 2. The van der Waals surface area contributed by atoms with Crippen LogP contribution in [0.4, 0.5) is 0 Å². The molecule has 0 saturated heterocycles. The van der Waals surface area contributed by atoms with Crippen LogP contribution in [0.2, 0.25) is 0 Å². The van der Waals surface area contributed by atoms with Gasteiger partial charge >= 0.3 is 11.9 Å². The Kier molecular flexibility index (Phi) is 10.3. The first-order valence-electron chi connectivity index (χ1n) is 19.6. The van der Waals surface area contributed by atoms with Crippen LogP contribution in [-0.4, -0.2) is 53.7 Å². The van der Waals surface area contributed by atoms with Crippen molar-refractivity contribution in [1.29, 1.82) is 0 Å². The van der Waals surface area contributed by atoms with Crippen LogP contribution in [0, 0.1) is 17.3 Å². The molecule has 0 bridgehead atoms. The molecule has 0 amide bonds. The van der Waals surface area contributed by atoms with E-state index in [-0.39, 0.29) is 53.8 Å². The summed E-state index contributed by atoms with van der Waals surface area (Å²) in [6.45, 7) is 1.43. The smallest absolute Gasteiger partial charge is 0.310 e. The van der Waals surface area contributed by atoms with Crippen LogP contribution in [0.25, 0.3) is 16.8 Å². The van der Waals surface area contributed by atoms with Gasteiger partial charge in [-0.25, -0.2) is 0 Å². The average molecular weight is 769 g/mol. The lowest BCUT2D eigenvalue weighted by molar-refractivity contribution is -0.164. The van der Waals surface area contributed by atoms with Gasteiger partial charge in [-0.2, -0.15) is 0 Å². The number of carbonyl (C=O) groups excluding carboxylic acids is 2. The fourth-order valence-corrected chi connectivity index (χ4v) is 10.1. The number of benzene rings is 5. The van der Waals surface area contributed by atoms with Crippen molar-refractivity contribution >= 4 is 28.8 Å². The van der Waals surface area contributed by atoms with Crippen LogP contribution in [0.3, 0.4) is 0 Å². The number of carbonyl (C=O) groups is 2. The van der Waals surface area contributed by atoms with E-state index in [0.29, 0.717) is 37.2 Å². The Morgan fingerprint density at radius 2 is 1.49 bits per heavy atom. The minimum Gasteiger partial charge on any atom is -0.508 e. The minimum absolute atomic E-state index is 0.0296. The third-order valence-electron chi connectivity index (χ3n) is 12.6. The molecule has 0 spiro atoms. The first kappa shape index (κ1) is 37.9. The predicted octanol–water partition coefficient (Wildman–Crippen LogP) is 8.61. The molecular formula is C48H48O9. The number of allylic oxidation sites excluding steroid dienone is 1. The summed E-state index contributed by atoms with van der Waals surface area (Å²) in [5.74, 6) is -0.118. The summed E-state index contributed by atoms with van der Waals surface area (Å²) in [5, 5.41) is 33.7. The van der Waals surface area contributed by atoms with Crippen molar-refractivity contribution in [3.05, 3.63) is 130 Å². The summed E-state index contributed by atoms with van der Waals surface area (Å²) in [7, 11) is 3.08. The fourth-order valence-electron chi connectivity index (χ4n) is 10.1. The van der Waals surface area contributed by atoms with Gasteiger partial charge in [0.05, 0.1) is 20.6 Å². The van der Waals surface area contributed by atoms with Crippen LogP contribution < -0.4 is 9.47 Å². The summed E-state index contributed by atoms with van der Waals surface area (Å²) in [6, 6.07) is 28.4. The van der Waals surface area contributed by atoms with Crippen molar-refractivity contribution in [2.24, 2.45) is 17.3 Å². The molecule has 57 heavy (non-hydrogen) atoms. The van der Waals surface area contributed by atoms with Crippen LogP contribution >= 0.6 is 0 Å². The monoisotopic (exact) mass is 768 g/mol. The standard InChI is InChI=1S/C48H48O9/c1-28(49)56-44-25-37(57-47(53)18-30-9-10-32-19-36(50)13-11-31(32)17-30)24-39-38-26-46(55-3)42(51)21-33(38)12-14-40(39)48(16-15-29-7-5-4-6-8-29)27-35-22-43(52)45(54-2)23-34(35)20-41(44)48/h4-11,13,15-17,19,21-23,26,37,39-41,44,50-52H,12,14,18,20,24-25,27H2,1-3H3/b16-15+/t37-,39-,40-,41+,44+,48+/m0/s1. The normalized spacial score (nSPS) is 23.9. The van der Waals surface area contributed by atoms with E-state index in [0.717, 1.165) is 50.6 Å². The number of aromatic hydroxyl groups is 3. The third kappa shape index (κ3) is 7.51. The average Bonchev–Trinajstić information content (AvgIpc) is 3.19. The first-order valence-corrected chi connectivity index (χ1v) is 19.6. The number of esters is 2. The molecule has 0 unspecified atom stereocenters. The zero-order valence-corrected chi connectivity index (χ0v) is 32.4. The van der Waals surface area contributed by atoms with Crippen molar-refractivity contribution in [2.45, 2.75) is 70.0 Å². The van der Waals surface area contributed by atoms with Crippen molar-refractivity contribution in [3.63, 3.8) is 0 Å². The second kappa shape index (κ2) is 15.5. The number of ether oxygens (including phenoxy) is 4. The Morgan fingerprint density at radius 1 is 0.772 bits per heavy atom. The Bertz CT molecular complexity index is 2350.